The molecule has 1 heterocycles. The number of carbonyl (C=O) groups excluding carboxylic acids is 1. The molecule has 5 nitrogen and oxygen atoms in total. The summed E-state index contributed by atoms with van der Waals surface area (Å²) in [5.74, 6) is 0.0810. The number of nitrogens with zero attached hydrogens (tertiary/aromatic N) is 2. The maximum Gasteiger partial charge on any atom is 0.221 e. The summed E-state index contributed by atoms with van der Waals surface area (Å²) in [7, 11) is 3.98. The molecule has 3 aromatic carbocycles. The molecule has 0 saturated carbocycles. The fourth-order valence-corrected chi connectivity index (χ4v) is 5.85. The minimum Gasteiger partial charge on any atom is -0.385 e. The molecule has 2 N–H and O–H groups in total. The van der Waals surface area contributed by atoms with Crippen LogP contribution in [0.5, 0.6) is 0 Å². The summed E-state index contributed by atoms with van der Waals surface area (Å²) in [5.41, 5.74) is 2.27. The van der Waals surface area contributed by atoms with Crippen LogP contribution < -0.4 is 5.32 Å². The van der Waals surface area contributed by atoms with Crippen molar-refractivity contribution < 1.29 is 9.90 Å². The van der Waals surface area contributed by atoms with Crippen LogP contribution in [0.2, 0.25) is 5.02 Å². The molecule has 208 valence electrons. The number of amides is 1. The molecule has 1 amide bonds. The van der Waals surface area contributed by atoms with E-state index in [2.05, 4.69) is 58.7 Å². The van der Waals surface area contributed by atoms with Gasteiger partial charge in [0.05, 0.1) is 5.60 Å². The lowest BCUT2D eigenvalue weighted by Crippen LogP contribution is -2.44. The molecule has 1 aliphatic heterocycles. The van der Waals surface area contributed by atoms with Crippen LogP contribution >= 0.6 is 11.6 Å². The van der Waals surface area contributed by atoms with Gasteiger partial charge in [-0.1, -0.05) is 84.4 Å². The third-order valence-electron chi connectivity index (χ3n) is 8.17. The van der Waals surface area contributed by atoms with Crippen molar-refractivity contribution in [2.24, 2.45) is 0 Å². The van der Waals surface area contributed by atoms with E-state index in [4.69, 9.17) is 11.6 Å². The standard InChI is InChI=1S/C33H42ClN3O2/c1-36(2)23-18-31(38)35-26-32(27-10-5-3-6-11-27,28-12-7-4-8-13-28)19-9-22-37-24-20-33(39,21-25-37)29-14-16-30(34)17-15-29/h3-8,10-17,39H,9,18-26H2,1-2H3,(H,35,38). The molecule has 0 aromatic heterocycles. The van der Waals surface area contributed by atoms with E-state index in [-0.39, 0.29) is 11.3 Å². The minimum absolute atomic E-state index is 0.0810. The molecule has 0 bridgehead atoms. The van der Waals surface area contributed by atoms with Crippen molar-refractivity contribution in [1.29, 1.82) is 0 Å². The van der Waals surface area contributed by atoms with Crippen LogP contribution in [0.15, 0.2) is 84.9 Å². The number of carbonyl (C=O) groups is 1. The van der Waals surface area contributed by atoms with E-state index in [0.29, 0.717) is 30.8 Å². The Labute approximate surface area is 238 Å². The zero-order chi connectivity index (χ0) is 27.7. The quantitative estimate of drug-likeness (QED) is 0.316. The van der Waals surface area contributed by atoms with Crippen LogP contribution in [0.3, 0.4) is 0 Å². The van der Waals surface area contributed by atoms with Crippen molar-refractivity contribution in [2.75, 3.05) is 46.8 Å². The lowest BCUT2D eigenvalue weighted by atomic mass is 9.71. The van der Waals surface area contributed by atoms with Gasteiger partial charge in [-0.25, -0.2) is 0 Å². The van der Waals surface area contributed by atoms with Gasteiger partial charge in [-0.15, -0.1) is 0 Å². The van der Waals surface area contributed by atoms with E-state index in [1.165, 1.54) is 11.1 Å². The number of rotatable bonds is 12. The van der Waals surface area contributed by atoms with E-state index in [1.54, 1.807) is 0 Å². The Bertz CT molecular complexity index is 1120. The zero-order valence-corrected chi connectivity index (χ0v) is 24.0. The maximum atomic E-state index is 12.8. The van der Waals surface area contributed by atoms with Gasteiger partial charge in [0.25, 0.3) is 0 Å². The van der Waals surface area contributed by atoms with Gasteiger partial charge in [-0.3, -0.25) is 4.79 Å². The number of piperidine rings is 1. The molecule has 1 fully saturated rings. The SMILES string of the molecule is CN(C)CCC(=O)NCC(CCCN1CCC(O)(c2ccc(Cl)cc2)CC1)(c1ccccc1)c1ccccc1. The monoisotopic (exact) mass is 547 g/mol. The Hall–Kier alpha value is -2.70. The molecule has 6 heteroatoms. The highest BCUT2D eigenvalue weighted by Crippen LogP contribution is 2.38. The summed E-state index contributed by atoms with van der Waals surface area (Å²) in [5, 5.41) is 15.3. The Morgan fingerprint density at radius 3 is 2.05 bits per heavy atom. The fraction of sp³-hybridized carbons (Fsp3) is 0.424. The van der Waals surface area contributed by atoms with Crippen molar-refractivity contribution in [3.63, 3.8) is 0 Å². The van der Waals surface area contributed by atoms with Gasteiger partial charge in [-0.2, -0.15) is 0 Å². The summed E-state index contributed by atoms with van der Waals surface area (Å²) in [6, 6.07) is 28.8. The summed E-state index contributed by atoms with van der Waals surface area (Å²) in [6.45, 7) is 3.94. The Balaban J connectivity index is 1.46. The maximum absolute atomic E-state index is 12.8. The van der Waals surface area contributed by atoms with Crippen LogP contribution in [0.25, 0.3) is 0 Å². The van der Waals surface area contributed by atoms with Crippen molar-refractivity contribution >= 4 is 17.5 Å². The van der Waals surface area contributed by atoms with Crippen LogP contribution in [-0.4, -0.2) is 67.6 Å². The molecular formula is C33H42ClN3O2. The smallest absolute Gasteiger partial charge is 0.221 e. The number of aliphatic hydroxyl groups is 1. The van der Waals surface area contributed by atoms with Crippen molar-refractivity contribution in [2.45, 2.75) is 43.1 Å². The zero-order valence-electron chi connectivity index (χ0n) is 23.3. The van der Waals surface area contributed by atoms with Crippen LogP contribution in [0.4, 0.5) is 0 Å². The number of nitrogens with one attached hydrogen (secondary N) is 1. The Morgan fingerprint density at radius 1 is 0.949 bits per heavy atom. The van der Waals surface area contributed by atoms with Crippen LogP contribution in [0, 0.1) is 0 Å². The van der Waals surface area contributed by atoms with E-state index in [0.717, 1.165) is 44.6 Å². The van der Waals surface area contributed by atoms with Gasteiger partial charge >= 0.3 is 0 Å². The number of benzene rings is 3. The van der Waals surface area contributed by atoms with Crippen molar-refractivity contribution in [3.05, 3.63) is 107 Å². The molecule has 1 saturated heterocycles. The molecule has 0 radical (unpaired) electrons. The first-order valence-corrected chi connectivity index (χ1v) is 14.4. The van der Waals surface area contributed by atoms with Gasteiger partial charge in [0.2, 0.25) is 5.91 Å². The molecule has 0 aliphatic carbocycles. The van der Waals surface area contributed by atoms with E-state index < -0.39 is 5.60 Å². The molecule has 4 rings (SSSR count). The number of hydrogen-bond donors (Lipinski definition) is 2. The van der Waals surface area contributed by atoms with Gasteiger partial charge in [0.1, 0.15) is 0 Å². The van der Waals surface area contributed by atoms with Crippen molar-refractivity contribution in [3.8, 4) is 0 Å². The molecule has 0 atom stereocenters. The van der Waals surface area contributed by atoms with Gasteiger partial charge in [0.15, 0.2) is 0 Å². The van der Waals surface area contributed by atoms with E-state index >= 15 is 0 Å². The molecule has 0 unspecified atom stereocenters. The van der Waals surface area contributed by atoms with Gasteiger partial charge in [-0.05, 0) is 75.1 Å². The molecule has 1 aliphatic rings. The molecular weight excluding hydrogens is 506 g/mol. The first kappa shape index (κ1) is 29.3. The Morgan fingerprint density at radius 2 is 1.51 bits per heavy atom. The highest BCUT2D eigenvalue weighted by molar-refractivity contribution is 6.30. The van der Waals surface area contributed by atoms with Crippen LogP contribution in [0.1, 0.15) is 48.8 Å². The van der Waals surface area contributed by atoms with E-state index in [1.807, 2.05) is 55.4 Å². The first-order chi connectivity index (χ1) is 18.8. The number of halogens is 1. The second-order valence-corrected chi connectivity index (χ2v) is 11.6. The largest absolute Gasteiger partial charge is 0.385 e. The predicted molar refractivity (Wildman–Crippen MR) is 160 cm³/mol. The third kappa shape index (κ3) is 7.70. The average Bonchev–Trinajstić information content (AvgIpc) is 2.96. The summed E-state index contributed by atoms with van der Waals surface area (Å²) in [4.78, 5) is 17.3. The van der Waals surface area contributed by atoms with Gasteiger partial charge < -0.3 is 20.2 Å². The number of hydrogen-bond acceptors (Lipinski definition) is 4. The number of likely N-dealkylation sites (tertiary alicyclic amines) is 1. The lowest BCUT2D eigenvalue weighted by molar-refractivity contribution is -0.121. The molecule has 0 spiro atoms. The summed E-state index contributed by atoms with van der Waals surface area (Å²) >= 11 is 6.05. The second kappa shape index (κ2) is 13.6. The first-order valence-electron chi connectivity index (χ1n) is 14.0. The third-order valence-corrected chi connectivity index (χ3v) is 8.42. The lowest BCUT2D eigenvalue weighted by Gasteiger charge is -2.40. The second-order valence-electron chi connectivity index (χ2n) is 11.1. The van der Waals surface area contributed by atoms with Crippen molar-refractivity contribution in [1.82, 2.24) is 15.1 Å². The highest BCUT2D eigenvalue weighted by Gasteiger charge is 2.36. The highest BCUT2D eigenvalue weighted by atomic mass is 35.5. The normalized spacial score (nSPS) is 15.8. The van der Waals surface area contributed by atoms with Gasteiger partial charge in [0, 0.05) is 43.0 Å². The Kier molecular flexibility index (Phi) is 10.2. The minimum atomic E-state index is -0.796. The van der Waals surface area contributed by atoms with E-state index in [9.17, 15) is 9.90 Å². The molecule has 3 aromatic rings. The fourth-order valence-electron chi connectivity index (χ4n) is 5.73. The topological polar surface area (TPSA) is 55.8 Å². The summed E-state index contributed by atoms with van der Waals surface area (Å²) < 4.78 is 0. The molecule has 39 heavy (non-hydrogen) atoms. The average molecular weight is 548 g/mol. The predicted octanol–water partition coefficient (Wildman–Crippen LogP) is 5.46. The summed E-state index contributed by atoms with van der Waals surface area (Å²) in [6.07, 6.45) is 3.79. The van der Waals surface area contributed by atoms with Crippen LogP contribution in [-0.2, 0) is 15.8 Å².